The van der Waals surface area contributed by atoms with Crippen LogP contribution in [-0.2, 0) is 23.8 Å². The molecule has 1 heterocycles. The van der Waals surface area contributed by atoms with E-state index in [0.717, 1.165) is 96.3 Å². The Morgan fingerprint density at radius 1 is 0.607 bits per heavy atom. The van der Waals surface area contributed by atoms with E-state index in [2.05, 4.69) is 55.6 Å². The summed E-state index contributed by atoms with van der Waals surface area (Å²) in [5.41, 5.74) is 0. The van der Waals surface area contributed by atoms with E-state index in [1.807, 2.05) is 6.08 Å². The van der Waals surface area contributed by atoms with Gasteiger partial charge in [0.15, 0.2) is 6.29 Å². The number of aliphatic hydroxyl groups excluding tert-OH is 5. The van der Waals surface area contributed by atoms with E-state index in [1.54, 1.807) is 6.08 Å². The zero-order valence-corrected chi connectivity index (χ0v) is 38.4. The SMILES string of the molecule is CCC/C=C\C/C=C\CCCCCCCC(=O)OCCCC/C=C\CCCCCCCC(=O)NC(COC1OC(CO)C(O)C(O)C1O)C(O)/C=C/CCCCCCCCC. The van der Waals surface area contributed by atoms with Crippen LogP contribution in [0.2, 0.25) is 0 Å². The number of ether oxygens (including phenoxy) is 3. The van der Waals surface area contributed by atoms with Crippen molar-refractivity contribution in [3.8, 4) is 0 Å². The summed E-state index contributed by atoms with van der Waals surface area (Å²) >= 11 is 0. The second-order valence-corrected chi connectivity index (χ2v) is 16.8. The van der Waals surface area contributed by atoms with Gasteiger partial charge in [0.25, 0.3) is 0 Å². The van der Waals surface area contributed by atoms with E-state index in [1.165, 1.54) is 64.2 Å². The van der Waals surface area contributed by atoms with Crippen molar-refractivity contribution >= 4 is 11.9 Å². The molecular formula is C50H89NO10. The highest BCUT2D eigenvalue weighted by atomic mass is 16.7. The van der Waals surface area contributed by atoms with Gasteiger partial charge in [0.1, 0.15) is 24.4 Å². The maximum atomic E-state index is 12.9. The zero-order valence-electron chi connectivity index (χ0n) is 38.4. The van der Waals surface area contributed by atoms with Crippen LogP contribution in [0, 0.1) is 0 Å². The molecule has 1 aliphatic heterocycles. The van der Waals surface area contributed by atoms with Crippen molar-refractivity contribution < 1.29 is 49.3 Å². The zero-order chi connectivity index (χ0) is 44.6. The summed E-state index contributed by atoms with van der Waals surface area (Å²) in [4.78, 5) is 25.0. The lowest BCUT2D eigenvalue weighted by molar-refractivity contribution is -0.302. The van der Waals surface area contributed by atoms with Crippen molar-refractivity contribution in [3.63, 3.8) is 0 Å². The third kappa shape index (κ3) is 31.2. The number of allylic oxidation sites excluding steroid dienone is 7. The number of carbonyl (C=O) groups is 2. The predicted molar refractivity (Wildman–Crippen MR) is 246 cm³/mol. The maximum absolute atomic E-state index is 12.9. The van der Waals surface area contributed by atoms with Gasteiger partial charge in [0.05, 0.1) is 32.0 Å². The Bertz CT molecular complexity index is 1160. The van der Waals surface area contributed by atoms with Crippen molar-refractivity contribution in [1.82, 2.24) is 5.32 Å². The van der Waals surface area contributed by atoms with Gasteiger partial charge in [-0.05, 0) is 83.5 Å². The van der Waals surface area contributed by atoms with Crippen LogP contribution in [0.3, 0.4) is 0 Å². The van der Waals surface area contributed by atoms with Gasteiger partial charge in [-0.25, -0.2) is 0 Å². The van der Waals surface area contributed by atoms with Gasteiger partial charge in [0.2, 0.25) is 5.91 Å². The van der Waals surface area contributed by atoms with Crippen LogP contribution in [-0.4, -0.2) is 100 Å². The van der Waals surface area contributed by atoms with E-state index in [0.29, 0.717) is 25.9 Å². The number of esters is 1. The lowest BCUT2D eigenvalue weighted by atomic mass is 9.99. The molecule has 11 heteroatoms. The fourth-order valence-electron chi connectivity index (χ4n) is 7.17. The molecule has 1 fully saturated rings. The van der Waals surface area contributed by atoms with Crippen LogP contribution in [0.5, 0.6) is 0 Å². The highest BCUT2D eigenvalue weighted by Gasteiger charge is 2.44. The fraction of sp³-hybridized carbons (Fsp3) is 0.800. The Hall–Kier alpha value is -2.38. The maximum Gasteiger partial charge on any atom is 0.305 e. The van der Waals surface area contributed by atoms with Gasteiger partial charge >= 0.3 is 5.97 Å². The fourth-order valence-corrected chi connectivity index (χ4v) is 7.17. The first-order chi connectivity index (χ1) is 29.7. The molecule has 0 aromatic heterocycles. The van der Waals surface area contributed by atoms with Gasteiger partial charge in [-0.3, -0.25) is 9.59 Å². The van der Waals surface area contributed by atoms with E-state index >= 15 is 0 Å². The van der Waals surface area contributed by atoms with Crippen molar-refractivity contribution in [2.24, 2.45) is 0 Å². The van der Waals surface area contributed by atoms with Crippen molar-refractivity contribution in [2.75, 3.05) is 19.8 Å². The number of hydrogen-bond acceptors (Lipinski definition) is 10. The summed E-state index contributed by atoms with van der Waals surface area (Å²) in [5, 5.41) is 54.0. The van der Waals surface area contributed by atoms with E-state index in [9.17, 15) is 35.1 Å². The van der Waals surface area contributed by atoms with Crippen LogP contribution >= 0.6 is 0 Å². The minimum atomic E-state index is -1.58. The van der Waals surface area contributed by atoms with Gasteiger partial charge in [-0.15, -0.1) is 0 Å². The molecule has 0 radical (unpaired) electrons. The third-order valence-electron chi connectivity index (χ3n) is 11.1. The van der Waals surface area contributed by atoms with E-state index in [4.69, 9.17) is 14.2 Å². The largest absolute Gasteiger partial charge is 0.466 e. The van der Waals surface area contributed by atoms with Gasteiger partial charge in [0, 0.05) is 12.8 Å². The minimum Gasteiger partial charge on any atom is -0.466 e. The van der Waals surface area contributed by atoms with E-state index < -0.39 is 49.5 Å². The third-order valence-corrected chi connectivity index (χ3v) is 11.1. The first-order valence-corrected chi connectivity index (χ1v) is 24.4. The smallest absolute Gasteiger partial charge is 0.305 e. The second-order valence-electron chi connectivity index (χ2n) is 16.8. The van der Waals surface area contributed by atoms with Gasteiger partial charge in [-0.2, -0.15) is 0 Å². The summed E-state index contributed by atoms with van der Waals surface area (Å²) in [6.07, 6.45) is 37.7. The molecule has 1 rings (SSSR count). The molecule has 61 heavy (non-hydrogen) atoms. The number of hydrogen-bond donors (Lipinski definition) is 6. The molecular weight excluding hydrogens is 775 g/mol. The molecule has 7 atom stereocenters. The van der Waals surface area contributed by atoms with Gasteiger partial charge < -0.3 is 45.1 Å². The van der Waals surface area contributed by atoms with Crippen LogP contribution < -0.4 is 5.32 Å². The van der Waals surface area contributed by atoms with Crippen molar-refractivity contribution in [3.05, 3.63) is 48.6 Å². The van der Waals surface area contributed by atoms with E-state index in [-0.39, 0.29) is 18.5 Å². The lowest BCUT2D eigenvalue weighted by Crippen LogP contribution is -2.60. The Morgan fingerprint density at radius 3 is 1.74 bits per heavy atom. The lowest BCUT2D eigenvalue weighted by Gasteiger charge is -2.40. The van der Waals surface area contributed by atoms with Gasteiger partial charge in [-0.1, -0.05) is 146 Å². The molecule has 0 aromatic carbocycles. The number of aliphatic hydroxyl groups is 5. The predicted octanol–water partition coefficient (Wildman–Crippen LogP) is 9.38. The first kappa shape index (κ1) is 56.6. The highest BCUT2D eigenvalue weighted by Crippen LogP contribution is 2.22. The molecule has 1 saturated heterocycles. The molecule has 0 aliphatic carbocycles. The highest BCUT2D eigenvalue weighted by molar-refractivity contribution is 5.76. The van der Waals surface area contributed by atoms with Crippen LogP contribution in [0.1, 0.15) is 194 Å². The molecule has 7 unspecified atom stereocenters. The number of carbonyl (C=O) groups excluding carboxylic acids is 2. The quantitative estimate of drug-likeness (QED) is 0.0198. The number of rotatable bonds is 40. The molecule has 0 spiro atoms. The number of nitrogens with one attached hydrogen (secondary N) is 1. The summed E-state index contributed by atoms with van der Waals surface area (Å²) in [6.45, 7) is 4.11. The Kier molecular flexibility index (Phi) is 37.5. The minimum absolute atomic E-state index is 0.0741. The first-order valence-electron chi connectivity index (χ1n) is 24.4. The Labute approximate surface area is 370 Å². The molecule has 6 N–H and O–H groups in total. The average molecular weight is 864 g/mol. The van der Waals surface area contributed by atoms with Crippen LogP contribution in [0.4, 0.5) is 0 Å². The molecule has 11 nitrogen and oxygen atoms in total. The molecule has 0 saturated carbocycles. The summed E-state index contributed by atoms with van der Waals surface area (Å²) in [7, 11) is 0. The summed E-state index contributed by atoms with van der Waals surface area (Å²) < 4.78 is 16.6. The second kappa shape index (κ2) is 40.4. The molecule has 1 amide bonds. The number of amides is 1. The number of unbranched alkanes of at least 4 members (excludes halogenated alkanes) is 20. The molecule has 0 aromatic rings. The Morgan fingerprint density at radius 2 is 1.13 bits per heavy atom. The van der Waals surface area contributed by atoms with Crippen LogP contribution in [0.15, 0.2) is 48.6 Å². The average Bonchev–Trinajstić information content (AvgIpc) is 3.25. The summed E-state index contributed by atoms with van der Waals surface area (Å²) in [6, 6.07) is -0.831. The monoisotopic (exact) mass is 864 g/mol. The summed E-state index contributed by atoms with van der Waals surface area (Å²) in [5.74, 6) is -0.291. The topological polar surface area (TPSA) is 175 Å². The Balaban J connectivity index is 2.20. The van der Waals surface area contributed by atoms with Crippen molar-refractivity contribution in [1.29, 1.82) is 0 Å². The molecule has 0 bridgehead atoms. The molecule has 354 valence electrons. The molecule has 1 aliphatic rings. The van der Waals surface area contributed by atoms with Crippen molar-refractivity contribution in [2.45, 2.75) is 236 Å². The standard InChI is InChI=1S/C50H89NO10/c1-3-5-7-9-11-13-14-15-18-22-26-30-34-38-46(55)59-39-35-31-27-23-19-16-17-21-25-29-33-37-45(54)51-42(43(53)36-32-28-24-20-12-10-8-6-4-2)41-60-50-49(58)48(57)47(56)44(40-52)61-50/h7,9,13-14,19,23,32,36,42-44,47-50,52-53,56-58H,3-6,8,10-12,15-18,20-22,24-31,33-35,37-41H2,1-2H3,(H,51,54)/b9-7-,14-13-,23-19-,36-32+. The normalized spacial score (nSPS) is 20.7. The van der Waals surface area contributed by atoms with Crippen LogP contribution in [0.25, 0.3) is 0 Å².